The molecule has 0 saturated heterocycles. The Balaban J connectivity index is 3.03. The van der Waals surface area contributed by atoms with Gasteiger partial charge in [-0.2, -0.15) is 15.0 Å². The molecule has 0 bridgehead atoms. The molecule has 2 N–H and O–H groups in total. The molecule has 0 unspecified atom stereocenters. The largest absolute Gasteiger partial charge is 0.541 e. The van der Waals surface area contributed by atoms with Gasteiger partial charge in [-0.1, -0.05) is 0 Å². The average Bonchev–Trinajstić information content (AvgIpc) is 2.16. The molecule has 0 spiro atoms. The molecule has 0 aliphatic carbocycles. The fourth-order valence-electron chi connectivity index (χ4n) is 1.03. The lowest BCUT2D eigenvalue weighted by molar-refractivity contribution is -0.256. The van der Waals surface area contributed by atoms with E-state index < -0.39 is 5.97 Å². The minimum atomic E-state index is -1.42. The van der Waals surface area contributed by atoms with E-state index in [9.17, 15) is 9.90 Å². The number of anilines is 2. The van der Waals surface area contributed by atoms with Gasteiger partial charge in [-0.05, 0) is 20.8 Å². The van der Waals surface area contributed by atoms with Crippen LogP contribution >= 0.6 is 0 Å². The third kappa shape index (κ3) is 3.34. The molecule has 16 heavy (non-hydrogen) atoms. The SMILES string of the molecule is CCNc1nc(NC(C)C)nc(C(=O)[O-])n1. The van der Waals surface area contributed by atoms with Crippen LogP contribution in [0.4, 0.5) is 11.9 Å². The second-order valence-electron chi connectivity index (χ2n) is 3.42. The van der Waals surface area contributed by atoms with Gasteiger partial charge in [-0.3, -0.25) is 0 Å². The Morgan fingerprint density at radius 1 is 1.31 bits per heavy atom. The molecular weight excluding hydrogens is 210 g/mol. The number of hydrogen-bond acceptors (Lipinski definition) is 7. The molecule has 0 radical (unpaired) electrons. The number of rotatable bonds is 5. The van der Waals surface area contributed by atoms with Gasteiger partial charge in [0.25, 0.3) is 0 Å². The minimum absolute atomic E-state index is 0.103. The molecule has 0 aliphatic rings. The van der Waals surface area contributed by atoms with Gasteiger partial charge >= 0.3 is 0 Å². The van der Waals surface area contributed by atoms with Crippen molar-refractivity contribution in [2.45, 2.75) is 26.8 Å². The summed E-state index contributed by atoms with van der Waals surface area (Å²) >= 11 is 0. The third-order valence-electron chi connectivity index (χ3n) is 1.57. The number of carbonyl (C=O) groups excluding carboxylic acids is 1. The number of aromatic nitrogens is 3. The van der Waals surface area contributed by atoms with Crippen molar-refractivity contribution in [3.05, 3.63) is 5.82 Å². The molecule has 0 amide bonds. The quantitative estimate of drug-likeness (QED) is 0.694. The Labute approximate surface area is 93.3 Å². The molecular formula is C9H14N5O2-. The van der Waals surface area contributed by atoms with Gasteiger partial charge in [0.2, 0.25) is 11.9 Å². The van der Waals surface area contributed by atoms with Crippen molar-refractivity contribution in [2.75, 3.05) is 17.2 Å². The van der Waals surface area contributed by atoms with Gasteiger partial charge in [-0.15, -0.1) is 0 Å². The number of carbonyl (C=O) groups is 1. The summed E-state index contributed by atoms with van der Waals surface area (Å²) in [7, 11) is 0. The predicted octanol–water partition coefficient (Wildman–Crippen LogP) is -0.513. The lowest BCUT2D eigenvalue weighted by Gasteiger charge is -2.11. The van der Waals surface area contributed by atoms with E-state index in [-0.39, 0.29) is 23.8 Å². The zero-order valence-corrected chi connectivity index (χ0v) is 9.44. The highest BCUT2D eigenvalue weighted by Crippen LogP contribution is 2.06. The minimum Gasteiger partial charge on any atom is -0.541 e. The zero-order chi connectivity index (χ0) is 12.1. The van der Waals surface area contributed by atoms with Gasteiger partial charge in [0.1, 0.15) is 5.97 Å². The highest BCUT2D eigenvalue weighted by Gasteiger charge is 2.07. The lowest BCUT2D eigenvalue weighted by atomic mass is 10.4. The van der Waals surface area contributed by atoms with E-state index in [0.717, 1.165) is 0 Å². The van der Waals surface area contributed by atoms with Crippen LogP contribution in [0.2, 0.25) is 0 Å². The maximum Gasteiger partial charge on any atom is 0.228 e. The summed E-state index contributed by atoms with van der Waals surface area (Å²) in [5.41, 5.74) is 0. The summed E-state index contributed by atoms with van der Waals surface area (Å²) < 4.78 is 0. The van der Waals surface area contributed by atoms with E-state index in [1.165, 1.54) is 0 Å². The molecule has 1 aromatic rings. The third-order valence-corrected chi connectivity index (χ3v) is 1.57. The fourth-order valence-corrected chi connectivity index (χ4v) is 1.03. The molecule has 0 aliphatic heterocycles. The Morgan fingerprint density at radius 2 is 1.94 bits per heavy atom. The number of hydrogen-bond donors (Lipinski definition) is 2. The maximum absolute atomic E-state index is 10.7. The number of aromatic carboxylic acids is 1. The number of carboxylic acid groups (broad SMARTS) is 1. The standard InChI is InChI=1S/C9H15N5O2/c1-4-10-8-12-6(7(15)16)13-9(14-8)11-5(2)3/h5H,4H2,1-3H3,(H,15,16)(H2,10,11,12,13,14)/p-1. The first-order valence-electron chi connectivity index (χ1n) is 5.00. The zero-order valence-electron chi connectivity index (χ0n) is 9.44. The monoisotopic (exact) mass is 224 g/mol. The summed E-state index contributed by atoms with van der Waals surface area (Å²) in [6, 6.07) is 0.103. The van der Waals surface area contributed by atoms with Crippen molar-refractivity contribution >= 4 is 17.9 Å². The van der Waals surface area contributed by atoms with Gasteiger partial charge in [0.05, 0.1) is 0 Å². The van der Waals surface area contributed by atoms with Crippen LogP contribution in [-0.4, -0.2) is 33.5 Å². The van der Waals surface area contributed by atoms with Crippen molar-refractivity contribution < 1.29 is 9.90 Å². The van der Waals surface area contributed by atoms with Crippen LogP contribution in [0.5, 0.6) is 0 Å². The normalized spacial score (nSPS) is 10.2. The van der Waals surface area contributed by atoms with Crippen LogP contribution in [0, 0.1) is 0 Å². The lowest BCUT2D eigenvalue weighted by Crippen LogP contribution is -2.27. The van der Waals surface area contributed by atoms with E-state index >= 15 is 0 Å². The highest BCUT2D eigenvalue weighted by atomic mass is 16.4. The predicted molar refractivity (Wildman–Crippen MR) is 57.1 cm³/mol. The first-order valence-corrected chi connectivity index (χ1v) is 5.00. The topological polar surface area (TPSA) is 103 Å². The Kier molecular flexibility index (Phi) is 3.98. The number of nitrogens with zero attached hydrogens (tertiary/aromatic N) is 3. The second-order valence-corrected chi connectivity index (χ2v) is 3.42. The van der Waals surface area contributed by atoms with Crippen LogP contribution in [0.1, 0.15) is 31.4 Å². The molecule has 0 atom stereocenters. The Hall–Kier alpha value is -1.92. The van der Waals surface area contributed by atoms with Crippen molar-refractivity contribution in [1.82, 2.24) is 15.0 Å². The van der Waals surface area contributed by atoms with Crippen molar-refractivity contribution in [3.63, 3.8) is 0 Å². The summed E-state index contributed by atoms with van der Waals surface area (Å²) in [5.74, 6) is -1.36. The summed E-state index contributed by atoms with van der Waals surface area (Å²) in [4.78, 5) is 22.1. The first kappa shape index (κ1) is 12.2. The van der Waals surface area contributed by atoms with E-state index in [4.69, 9.17) is 0 Å². The molecule has 1 rings (SSSR count). The van der Waals surface area contributed by atoms with Crippen LogP contribution in [0.25, 0.3) is 0 Å². The van der Waals surface area contributed by atoms with Crippen LogP contribution in [0.3, 0.4) is 0 Å². The van der Waals surface area contributed by atoms with E-state index in [2.05, 4.69) is 25.6 Å². The number of nitrogens with one attached hydrogen (secondary N) is 2. The number of carboxylic acids is 1. The van der Waals surface area contributed by atoms with E-state index in [0.29, 0.717) is 6.54 Å². The summed E-state index contributed by atoms with van der Waals surface area (Å²) in [5, 5.41) is 16.4. The van der Waals surface area contributed by atoms with E-state index in [1.54, 1.807) is 0 Å². The fraction of sp³-hybridized carbons (Fsp3) is 0.556. The summed E-state index contributed by atoms with van der Waals surface area (Å²) in [6.45, 7) is 6.25. The van der Waals surface area contributed by atoms with Gasteiger partial charge < -0.3 is 20.5 Å². The molecule has 0 fully saturated rings. The van der Waals surface area contributed by atoms with Crippen molar-refractivity contribution in [2.24, 2.45) is 0 Å². The average molecular weight is 224 g/mol. The highest BCUT2D eigenvalue weighted by molar-refractivity contribution is 5.81. The van der Waals surface area contributed by atoms with Crippen molar-refractivity contribution in [1.29, 1.82) is 0 Å². The molecule has 7 nitrogen and oxygen atoms in total. The second kappa shape index (κ2) is 5.24. The van der Waals surface area contributed by atoms with Gasteiger partial charge in [0.15, 0.2) is 5.82 Å². The van der Waals surface area contributed by atoms with Gasteiger partial charge in [0, 0.05) is 12.6 Å². The van der Waals surface area contributed by atoms with Crippen LogP contribution < -0.4 is 15.7 Å². The molecule has 0 saturated carbocycles. The van der Waals surface area contributed by atoms with Crippen LogP contribution in [0.15, 0.2) is 0 Å². The molecule has 88 valence electrons. The van der Waals surface area contributed by atoms with E-state index in [1.807, 2.05) is 20.8 Å². The maximum atomic E-state index is 10.7. The first-order chi connectivity index (χ1) is 7.52. The Bertz CT molecular complexity index is 380. The molecule has 7 heteroatoms. The van der Waals surface area contributed by atoms with Crippen LogP contribution in [-0.2, 0) is 0 Å². The summed E-state index contributed by atoms with van der Waals surface area (Å²) in [6.07, 6.45) is 0. The molecule has 1 heterocycles. The smallest absolute Gasteiger partial charge is 0.228 e. The Morgan fingerprint density at radius 3 is 2.44 bits per heavy atom. The molecule has 1 aromatic heterocycles. The van der Waals surface area contributed by atoms with Crippen molar-refractivity contribution in [3.8, 4) is 0 Å². The van der Waals surface area contributed by atoms with Gasteiger partial charge in [-0.25, -0.2) is 0 Å². The molecule has 0 aromatic carbocycles.